The fraction of sp³-hybridized carbons (Fsp3) is 0.681. The summed E-state index contributed by atoms with van der Waals surface area (Å²) in [5.41, 5.74) is 51.8. The lowest BCUT2D eigenvalue weighted by Gasteiger charge is -2.05. The minimum absolute atomic E-state index is 0.0202. The van der Waals surface area contributed by atoms with Crippen LogP contribution >= 0.6 is 23.5 Å². The first-order valence-corrected chi connectivity index (χ1v) is 38.9. The van der Waals surface area contributed by atoms with Gasteiger partial charge in [-0.1, -0.05) is 0 Å². The van der Waals surface area contributed by atoms with E-state index >= 15 is 0 Å². The maximum absolute atomic E-state index is 11.0. The van der Waals surface area contributed by atoms with Gasteiger partial charge in [-0.2, -0.15) is 23.5 Å². The van der Waals surface area contributed by atoms with Crippen molar-refractivity contribution < 1.29 is 171 Å². The van der Waals surface area contributed by atoms with Gasteiger partial charge in [0.05, 0.1) is 50.5 Å². The summed E-state index contributed by atoms with van der Waals surface area (Å²) in [5, 5.41) is 89.2. The van der Waals surface area contributed by atoms with E-state index in [-0.39, 0.29) is 166 Å². The van der Waals surface area contributed by atoms with E-state index in [1.54, 1.807) is 0 Å². The van der Waals surface area contributed by atoms with Crippen molar-refractivity contribution in [3.8, 4) is 0 Å². The standard InChI is InChI=1S/C9H15NO4.C8H16N2O3.C8H13NO4.C7H14N2O3.C7H11NO4.C7H13NO4.C7H13NO3S.C7H13NO3.C6H11NO4.C6H11NO3S/c1-6(11)5-7(12)3-2-4-8(10)9(13)14;1-6(11)5-10-4-2-3-7(9)8(12)13;1-5(10)4-6(11)2-3-7(9)8(12)13;1-5(10)4-9-3-2-6(8)7(11)12;1-4(9)2-5(10)3-6(8)7(11)12;2*1-5(9)4-12-3-2-6(8)7(10)11;1-5(9)3-2-4-6(8)7(10)11;2*1-4(8)2-11-3-5(7)6(9)10/h8H,2-5,10H2,1H3,(H,13,14);7,10H,2-5,9H2,1H3,(H,12,13);7H,2-4,9H2,1H3,(H,12,13);6,9H,2-4,8H2,1H3,(H,11,12);6H,2-3,8H2,1H3,(H,11,12);2*6H,2-4,8H2,1H3,(H,10,11);6H,2-4,8H2,1H3,(H,10,11);2*5H,2-3,7H2,1H3,(H,9,10). The zero-order chi connectivity index (χ0) is 96.8. The highest BCUT2D eigenvalue weighted by Crippen LogP contribution is 2.07. The van der Waals surface area contributed by atoms with Gasteiger partial charge in [-0.15, -0.1) is 0 Å². The van der Waals surface area contributed by atoms with Gasteiger partial charge in [0.1, 0.15) is 137 Å². The summed E-state index contributed by atoms with van der Waals surface area (Å²) in [6, 6.07) is -9.21. The number of rotatable bonds is 58. The second-order valence-corrected chi connectivity index (χ2v) is 28.3. The quantitative estimate of drug-likeness (QED) is 0.0203. The molecule has 32 N–H and O–H groups in total. The Balaban J connectivity index is -0.000000142. The average Bonchev–Trinajstić information content (AvgIpc) is 0.997. The number of carboxylic acid groups (broad SMARTS) is 10. The van der Waals surface area contributed by atoms with Crippen LogP contribution in [0.4, 0.5) is 0 Å². The number of ether oxygens (including phenoxy) is 2. The largest absolute Gasteiger partial charge is 0.480 e. The molecule has 0 aliphatic carbocycles. The van der Waals surface area contributed by atoms with Crippen molar-refractivity contribution in [2.45, 2.75) is 239 Å². The van der Waals surface area contributed by atoms with E-state index in [1.165, 1.54) is 92.8 Å². The molecule has 0 saturated heterocycles. The van der Waals surface area contributed by atoms with E-state index in [4.69, 9.17) is 113 Å². The molecule has 47 nitrogen and oxygen atoms in total. The smallest absolute Gasteiger partial charge is 0.322 e. The van der Waals surface area contributed by atoms with Crippen LogP contribution in [0.2, 0.25) is 0 Å². The SMILES string of the molecule is CC(=O)CC(=O)CC(N)C(=O)O.CC(=O)CC(=O)CCC(N)C(=O)O.CC(=O)CC(=O)CCCC(N)C(=O)O.CC(=O)CCCC(N)C(=O)O.CC(=O)CNCCC(N)C(=O)O.CC(=O)CNCCCC(N)C(=O)O.CC(=O)COCC(N)C(=O)O.CC(=O)COCCC(N)C(=O)O.CC(=O)CSCC(N)C(=O)O.CC(=O)CSCCC(N)C(=O)O. The Kier molecular flexibility index (Phi) is 93.4. The fourth-order valence-corrected chi connectivity index (χ4v) is 8.23. The number of nitrogens with two attached hydrogens (primary N) is 10. The van der Waals surface area contributed by atoms with Crippen molar-refractivity contribution in [1.29, 1.82) is 0 Å². The number of carbonyl (C=O) groups excluding carboxylic acids is 13. The van der Waals surface area contributed by atoms with E-state index in [9.17, 15) is 110 Å². The van der Waals surface area contributed by atoms with Crippen LogP contribution in [-0.2, 0) is 120 Å². The van der Waals surface area contributed by atoms with E-state index in [0.717, 1.165) is 0 Å². The Labute approximate surface area is 708 Å². The molecule has 49 heteroatoms. The van der Waals surface area contributed by atoms with Crippen molar-refractivity contribution in [3.63, 3.8) is 0 Å². The van der Waals surface area contributed by atoms with Crippen LogP contribution in [0.25, 0.3) is 0 Å². The van der Waals surface area contributed by atoms with Gasteiger partial charge in [-0.25, -0.2) is 0 Å². The van der Waals surface area contributed by atoms with Gasteiger partial charge in [-0.3, -0.25) is 105 Å². The van der Waals surface area contributed by atoms with Crippen molar-refractivity contribution in [1.82, 2.24) is 10.6 Å². The zero-order valence-electron chi connectivity index (χ0n) is 70.0. The van der Waals surface area contributed by atoms with Crippen molar-refractivity contribution in [2.24, 2.45) is 57.3 Å². The number of hydrogen-bond acceptors (Lipinski definition) is 39. The van der Waals surface area contributed by atoms with E-state index in [1.807, 2.05) is 0 Å². The molecule has 0 aliphatic heterocycles. The molecule has 10 unspecified atom stereocenters. The lowest BCUT2D eigenvalue weighted by atomic mass is 10.1. The first kappa shape index (κ1) is 132. The topological polar surface area (TPSA) is 898 Å². The molecule has 0 aliphatic rings. The summed E-state index contributed by atoms with van der Waals surface area (Å²) in [6.07, 6.45) is 3.73. The van der Waals surface area contributed by atoms with Crippen molar-refractivity contribution in [2.75, 3.05) is 75.6 Å². The number of thioether (sulfide) groups is 2. The van der Waals surface area contributed by atoms with Gasteiger partial charge >= 0.3 is 59.7 Å². The van der Waals surface area contributed by atoms with Crippen molar-refractivity contribution >= 4 is 158 Å². The minimum atomic E-state index is -1.23. The molecule has 0 saturated carbocycles. The van der Waals surface area contributed by atoms with Crippen LogP contribution < -0.4 is 68.0 Å². The second-order valence-electron chi connectivity index (χ2n) is 26.1. The summed E-state index contributed by atoms with van der Waals surface area (Å²) in [4.78, 5) is 239. The number of nitrogens with one attached hydrogen (secondary N) is 2. The molecule has 0 spiro atoms. The van der Waals surface area contributed by atoms with Crippen molar-refractivity contribution in [3.05, 3.63) is 0 Å². The normalized spacial score (nSPS) is 12.4. The first-order chi connectivity index (χ1) is 55.5. The minimum Gasteiger partial charge on any atom is -0.480 e. The Bertz CT molecular complexity index is 3010. The van der Waals surface area contributed by atoms with Gasteiger partial charge in [-0.05, 0) is 152 Å². The maximum Gasteiger partial charge on any atom is 0.322 e. The van der Waals surface area contributed by atoms with E-state index in [0.29, 0.717) is 88.3 Å². The first-order valence-electron chi connectivity index (χ1n) is 36.6. The fourth-order valence-electron chi connectivity index (χ4n) is 6.57. The molecule has 0 aromatic heterocycles. The number of aliphatic carboxylic acids is 10. The summed E-state index contributed by atoms with van der Waals surface area (Å²) in [7, 11) is 0. The highest BCUT2D eigenvalue weighted by Gasteiger charge is 2.20. The Morgan fingerprint density at radius 2 is 0.595 bits per heavy atom. The molecule has 121 heavy (non-hydrogen) atoms. The highest BCUT2D eigenvalue weighted by molar-refractivity contribution is 8.00. The third kappa shape index (κ3) is 119. The molecule has 10 atom stereocenters. The average molecular weight is 1790 g/mol. The number of ketones is 13. The molecule has 0 heterocycles. The van der Waals surface area contributed by atoms with Crippen LogP contribution in [-0.4, -0.2) is 322 Å². The molecular weight excluding hydrogens is 1660 g/mol. The van der Waals surface area contributed by atoms with Gasteiger partial charge < -0.3 is 133 Å². The molecular formula is C72H130N12O35S2. The Morgan fingerprint density at radius 3 is 0.950 bits per heavy atom. The van der Waals surface area contributed by atoms with Crippen LogP contribution in [0.1, 0.15) is 178 Å². The summed E-state index contributed by atoms with van der Waals surface area (Å²) in [6.45, 7) is 15.8. The molecule has 0 radical (unpaired) electrons. The molecule has 0 bridgehead atoms. The van der Waals surface area contributed by atoms with Crippen LogP contribution in [0.15, 0.2) is 0 Å². The molecule has 0 aromatic rings. The van der Waals surface area contributed by atoms with Crippen LogP contribution in [0.5, 0.6) is 0 Å². The molecule has 700 valence electrons. The molecule has 0 amide bonds. The number of carbonyl (C=O) groups is 23. The van der Waals surface area contributed by atoms with E-state index in [2.05, 4.69) is 15.4 Å². The zero-order valence-corrected chi connectivity index (χ0v) is 71.7. The third-order valence-electron chi connectivity index (χ3n) is 12.9. The lowest BCUT2D eigenvalue weighted by Crippen LogP contribution is -2.35. The number of Topliss-reactive ketones (excluding diaryl/α,β-unsaturated/α-hetero) is 13. The van der Waals surface area contributed by atoms with Gasteiger partial charge in [0, 0.05) is 38.0 Å². The van der Waals surface area contributed by atoms with Gasteiger partial charge in [0.15, 0.2) is 11.6 Å². The molecule has 0 aromatic carbocycles. The predicted octanol–water partition coefficient (Wildman–Crippen LogP) is -4.11. The maximum atomic E-state index is 11.0. The van der Waals surface area contributed by atoms with Crippen LogP contribution in [0, 0.1) is 0 Å². The molecule has 0 rings (SSSR count). The van der Waals surface area contributed by atoms with E-state index < -0.39 is 126 Å². The highest BCUT2D eigenvalue weighted by atomic mass is 32.2. The third-order valence-corrected chi connectivity index (χ3v) is 15.3. The number of carboxylic acids is 10. The number of hydrogen-bond donors (Lipinski definition) is 22. The Hall–Kier alpha value is -9.45. The predicted molar refractivity (Wildman–Crippen MR) is 438 cm³/mol. The van der Waals surface area contributed by atoms with Crippen LogP contribution in [0.3, 0.4) is 0 Å². The summed E-state index contributed by atoms with van der Waals surface area (Å²) in [5.74, 6) is -10.4. The Morgan fingerprint density at radius 1 is 0.281 bits per heavy atom. The lowest BCUT2D eigenvalue weighted by molar-refractivity contribution is -0.141. The molecule has 0 fully saturated rings. The monoisotopic (exact) mass is 1790 g/mol. The van der Waals surface area contributed by atoms with Gasteiger partial charge in [0.2, 0.25) is 0 Å². The summed E-state index contributed by atoms with van der Waals surface area (Å²) >= 11 is 2.66. The summed E-state index contributed by atoms with van der Waals surface area (Å²) < 4.78 is 9.49. The van der Waals surface area contributed by atoms with Gasteiger partial charge in [0.25, 0.3) is 0 Å². The second kappa shape index (κ2) is 85.5.